The highest BCUT2D eigenvalue weighted by molar-refractivity contribution is 5.74. The van der Waals surface area contributed by atoms with Crippen molar-refractivity contribution < 1.29 is 9.53 Å². The summed E-state index contributed by atoms with van der Waals surface area (Å²) in [5.41, 5.74) is 7.10. The van der Waals surface area contributed by atoms with Crippen LogP contribution in [0.25, 0.3) is 0 Å². The molecule has 10 heteroatoms. The van der Waals surface area contributed by atoms with Crippen molar-refractivity contribution >= 4 is 23.4 Å². The van der Waals surface area contributed by atoms with Crippen molar-refractivity contribution in [3.8, 4) is 5.88 Å². The molecule has 2 aromatic rings. The van der Waals surface area contributed by atoms with Gasteiger partial charge >= 0.3 is 0 Å². The third-order valence-electron chi connectivity index (χ3n) is 5.74. The number of hydrogen-bond donors (Lipinski definition) is 3. The fourth-order valence-corrected chi connectivity index (χ4v) is 3.61. The second-order valence-corrected chi connectivity index (χ2v) is 8.42. The molecule has 0 radical (unpaired) electrons. The van der Waals surface area contributed by atoms with E-state index in [1.165, 1.54) is 0 Å². The second-order valence-electron chi connectivity index (χ2n) is 8.42. The zero-order valence-corrected chi connectivity index (χ0v) is 18.6. The van der Waals surface area contributed by atoms with Crippen molar-refractivity contribution in [2.75, 3.05) is 63.6 Å². The van der Waals surface area contributed by atoms with E-state index in [1.807, 2.05) is 18.3 Å². The van der Waals surface area contributed by atoms with E-state index in [9.17, 15) is 4.79 Å². The van der Waals surface area contributed by atoms with Gasteiger partial charge in [0.2, 0.25) is 17.7 Å². The summed E-state index contributed by atoms with van der Waals surface area (Å²) in [6.07, 6.45) is 6.10. The molecule has 3 heterocycles. The fourth-order valence-electron chi connectivity index (χ4n) is 3.61. The van der Waals surface area contributed by atoms with Gasteiger partial charge in [0.05, 0.1) is 11.9 Å². The molecular weight excluding hydrogens is 408 g/mol. The molecule has 1 aliphatic carbocycles. The lowest BCUT2D eigenvalue weighted by Gasteiger charge is -2.32. The number of carbonyl (C=O) groups is 1. The Bertz CT molecular complexity index is 895. The standard InChI is InChI=1S/C22H32N8O2/c1-29-8-10-30(11-9-29)12-13-32-20-5-4-17(14-25-20)27-22-26-15-18(16-2-3-16)21(28-22)24-7-6-19(23)31/h4-5,14-16H,2-3,6-13H2,1H3,(H2,23,31)(H2,24,26,27,28). The van der Waals surface area contributed by atoms with Gasteiger partial charge in [-0.25, -0.2) is 9.97 Å². The minimum absolute atomic E-state index is 0.261. The molecule has 0 bridgehead atoms. The number of aromatic nitrogens is 3. The van der Waals surface area contributed by atoms with Crippen molar-refractivity contribution in [3.05, 3.63) is 30.1 Å². The van der Waals surface area contributed by atoms with Gasteiger partial charge in [-0.2, -0.15) is 4.98 Å². The number of nitrogens with two attached hydrogens (primary N) is 1. The summed E-state index contributed by atoms with van der Waals surface area (Å²) >= 11 is 0. The lowest BCUT2D eigenvalue weighted by Crippen LogP contribution is -2.45. The van der Waals surface area contributed by atoms with E-state index in [2.05, 4.69) is 42.4 Å². The Labute approximate surface area is 188 Å². The van der Waals surface area contributed by atoms with Crippen LogP contribution in [-0.4, -0.2) is 83.6 Å². The normalized spacial score (nSPS) is 17.2. The van der Waals surface area contributed by atoms with Crippen LogP contribution < -0.4 is 21.1 Å². The Morgan fingerprint density at radius 2 is 2.00 bits per heavy atom. The molecular formula is C22H32N8O2. The van der Waals surface area contributed by atoms with Crippen molar-refractivity contribution in [3.63, 3.8) is 0 Å². The molecule has 0 spiro atoms. The summed E-state index contributed by atoms with van der Waals surface area (Å²) in [5, 5.41) is 6.40. The molecule has 0 unspecified atom stereocenters. The van der Waals surface area contributed by atoms with Gasteiger partial charge in [0.25, 0.3) is 0 Å². The molecule has 2 aliphatic rings. The quantitative estimate of drug-likeness (QED) is 0.476. The van der Waals surface area contributed by atoms with Gasteiger partial charge in [0.1, 0.15) is 12.4 Å². The van der Waals surface area contributed by atoms with Crippen LogP contribution in [0.15, 0.2) is 24.5 Å². The van der Waals surface area contributed by atoms with E-state index in [0.717, 1.165) is 62.6 Å². The van der Waals surface area contributed by atoms with Crippen LogP contribution in [0.5, 0.6) is 5.88 Å². The second kappa shape index (κ2) is 10.6. The first-order chi connectivity index (χ1) is 15.6. The third kappa shape index (κ3) is 6.51. The summed E-state index contributed by atoms with van der Waals surface area (Å²) < 4.78 is 5.80. The number of amides is 1. The minimum atomic E-state index is -0.338. The molecule has 0 aromatic carbocycles. The Balaban J connectivity index is 1.29. The average molecular weight is 441 g/mol. The van der Waals surface area contributed by atoms with E-state index in [0.29, 0.717) is 30.9 Å². The summed E-state index contributed by atoms with van der Waals surface area (Å²) in [7, 11) is 2.15. The first-order valence-corrected chi connectivity index (χ1v) is 11.2. The van der Waals surface area contributed by atoms with Crippen LogP contribution >= 0.6 is 0 Å². The number of nitrogens with zero attached hydrogens (tertiary/aromatic N) is 5. The van der Waals surface area contributed by atoms with Crippen molar-refractivity contribution in [1.29, 1.82) is 0 Å². The van der Waals surface area contributed by atoms with Gasteiger partial charge in [0, 0.05) is 63.5 Å². The van der Waals surface area contributed by atoms with Crippen molar-refractivity contribution in [2.24, 2.45) is 5.73 Å². The zero-order chi connectivity index (χ0) is 22.3. The van der Waals surface area contributed by atoms with Gasteiger partial charge < -0.3 is 26.0 Å². The smallest absolute Gasteiger partial charge is 0.229 e. The minimum Gasteiger partial charge on any atom is -0.476 e. The Hall–Kier alpha value is -2.98. The lowest BCUT2D eigenvalue weighted by atomic mass is 10.2. The zero-order valence-electron chi connectivity index (χ0n) is 18.6. The number of primary amides is 1. The maximum absolute atomic E-state index is 11.0. The third-order valence-corrected chi connectivity index (χ3v) is 5.74. The SMILES string of the molecule is CN1CCN(CCOc2ccc(Nc3ncc(C4CC4)c(NCCC(N)=O)n3)cn2)CC1. The Morgan fingerprint density at radius 3 is 2.69 bits per heavy atom. The molecule has 172 valence electrons. The van der Waals surface area contributed by atoms with Crippen LogP contribution in [0.3, 0.4) is 0 Å². The number of nitrogens with one attached hydrogen (secondary N) is 2. The van der Waals surface area contributed by atoms with Gasteiger partial charge in [-0.1, -0.05) is 0 Å². The molecule has 1 saturated heterocycles. The molecule has 4 N–H and O–H groups in total. The van der Waals surface area contributed by atoms with E-state index in [-0.39, 0.29) is 12.3 Å². The molecule has 1 amide bonds. The highest BCUT2D eigenvalue weighted by Gasteiger charge is 2.27. The summed E-state index contributed by atoms with van der Waals surface area (Å²) in [4.78, 5) is 29.2. The average Bonchev–Trinajstić information content (AvgIpc) is 3.62. The van der Waals surface area contributed by atoms with Crippen LogP contribution in [0.1, 0.15) is 30.7 Å². The number of anilines is 3. The highest BCUT2D eigenvalue weighted by Crippen LogP contribution is 2.42. The van der Waals surface area contributed by atoms with Gasteiger partial charge in [-0.05, 0) is 31.9 Å². The number of hydrogen-bond acceptors (Lipinski definition) is 9. The maximum atomic E-state index is 11.0. The molecule has 0 atom stereocenters. The monoisotopic (exact) mass is 440 g/mol. The fraction of sp³-hybridized carbons (Fsp3) is 0.545. The molecule has 1 saturated carbocycles. The van der Waals surface area contributed by atoms with Gasteiger partial charge in [0.15, 0.2) is 0 Å². The number of pyridine rings is 1. The Morgan fingerprint density at radius 1 is 1.19 bits per heavy atom. The largest absolute Gasteiger partial charge is 0.476 e. The molecule has 2 aromatic heterocycles. The number of carbonyl (C=O) groups excluding carboxylic acids is 1. The lowest BCUT2D eigenvalue weighted by molar-refractivity contribution is -0.117. The molecule has 4 rings (SSSR count). The molecule has 10 nitrogen and oxygen atoms in total. The number of likely N-dealkylation sites (N-methyl/N-ethyl adjacent to an activating group) is 1. The molecule has 2 fully saturated rings. The van der Waals surface area contributed by atoms with Crippen LogP contribution in [0, 0.1) is 0 Å². The number of rotatable bonds is 11. The van der Waals surface area contributed by atoms with E-state index in [4.69, 9.17) is 10.5 Å². The summed E-state index contributed by atoms with van der Waals surface area (Å²) in [6.45, 7) is 6.34. The van der Waals surface area contributed by atoms with E-state index in [1.54, 1.807) is 6.20 Å². The van der Waals surface area contributed by atoms with Crippen LogP contribution in [0.2, 0.25) is 0 Å². The van der Waals surface area contributed by atoms with Gasteiger partial charge in [-0.15, -0.1) is 0 Å². The predicted octanol–water partition coefficient (Wildman–Crippen LogP) is 1.41. The van der Waals surface area contributed by atoms with Crippen molar-refractivity contribution in [1.82, 2.24) is 24.8 Å². The maximum Gasteiger partial charge on any atom is 0.229 e. The van der Waals surface area contributed by atoms with Crippen LogP contribution in [-0.2, 0) is 4.79 Å². The number of piperazine rings is 1. The summed E-state index contributed by atoms with van der Waals surface area (Å²) in [5.74, 6) is 1.98. The number of ether oxygens (including phenoxy) is 1. The molecule has 32 heavy (non-hydrogen) atoms. The predicted molar refractivity (Wildman–Crippen MR) is 123 cm³/mol. The van der Waals surface area contributed by atoms with Crippen LogP contribution in [0.4, 0.5) is 17.5 Å². The first-order valence-electron chi connectivity index (χ1n) is 11.2. The van der Waals surface area contributed by atoms with Crippen molar-refractivity contribution in [2.45, 2.75) is 25.2 Å². The Kier molecular flexibility index (Phi) is 7.33. The highest BCUT2D eigenvalue weighted by atomic mass is 16.5. The first kappa shape index (κ1) is 22.2. The van der Waals surface area contributed by atoms with E-state index >= 15 is 0 Å². The van der Waals surface area contributed by atoms with E-state index < -0.39 is 0 Å². The van der Waals surface area contributed by atoms with Gasteiger partial charge in [-0.3, -0.25) is 9.69 Å². The summed E-state index contributed by atoms with van der Waals surface area (Å²) in [6, 6.07) is 3.74. The topological polar surface area (TPSA) is 122 Å². The molecule has 1 aliphatic heterocycles.